The van der Waals surface area contributed by atoms with Gasteiger partial charge < -0.3 is 5.32 Å². The molecule has 0 fully saturated rings. The summed E-state index contributed by atoms with van der Waals surface area (Å²) in [5.74, 6) is -1.23. The molecule has 2 aromatic carbocycles. The summed E-state index contributed by atoms with van der Waals surface area (Å²) in [7, 11) is -2.57. The lowest BCUT2D eigenvalue weighted by molar-refractivity contribution is 0.102. The zero-order chi connectivity index (χ0) is 16.3. The highest BCUT2D eigenvalue weighted by atomic mass is 35.5. The van der Waals surface area contributed by atoms with E-state index in [2.05, 4.69) is 10.0 Å². The second-order valence-corrected chi connectivity index (χ2v) is 6.55. The number of amides is 1. The van der Waals surface area contributed by atoms with Gasteiger partial charge in [0, 0.05) is 5.56 Å². The van der Waals surface area contributed by atoms with Crippen LogP contribution in [0.2, 0.25) is 5.02 Å². The van der Waals surface area contributed by atoms with E-state index in [0.717, 1.165) is 6.07 Å². The molecule has 0 atom stereocenters. The van der Waals surface area contributed by atoms with Gasteiger partial charge in [-0.3, -0.25) is 4.79 Å². The van der Waals surface area contributed by atoms with Gasteiger partial charge in [-0.25, -0.2) is 17.5 Å². The molecule has 0 saturated heterocycles. The molecule has 2 N–H and O–H groups in total. The van der Waals surface area contributed by atoms with Crippen LogP contribution in [0.4, 0.5) is 10.1 Å². The van der Waals surface area contributed by atoms with Gasteiger partial charge in [0.1, 0.15) is 10.7 Å². The molecule has 1 amide bonds. The van der Waals surface area contributed by atoms with Gasteiger partial charge in [0.2, 0.25) is 10.0 Å². The Bertz CT molecular complexity index is 825. The maximum absolute atomic E-state index is 13.5. The Kier molecular flexibility index (Phi) is 4.80. The van der Waals surface area contributed by atoms with E-state index in [1.165, 1.54) is 37.4 Å². The van der Waals surface area contributed by atoms with Crippen molar-refractivity contribution >= 4 is 33.2 Å². The van der Waals surface area contributed by atoms with Crippen molar-refractivity contribution in [3.8, 4) is 0 Å². The van der Waals surface area contributed by atoms with E-state index >= 15 is 0 Å². The SMILES string of the molecule is CNS(=O)(=O)c1cc(C(=O)Nc2ccccc2F)ccc1Cl. The number of anilines is 1. The summed E-state index contributed by atoms with van der Waals surface area (Å²) < 4.78 is 39.3. The van der Waals surface area contributed by atoms with Crippen LogP contribution in [-0.4, -0.2) is 21.4 Å². The molecular formula is C14H12ClFN2O3S. The number of benzene rings is 2. The van der Waals surface area contributed by atoms with Crippen molar-refractivity contribution in [3.63, 3.8) is 0 Å². The van der Waals surface area contributed by atoms with Crippen molar-refractivity contribution < 1.29 is 17.6 Å². The normalized spacial score (nSPS) is 11.2. The van der Waals surface area contributed by atoms with E-state index < -0.39 is 21.7 Å². The van der Waals surface area contributed by atoms with Gasteiger partial charge in [-0.15, -0.1) is 0 Å². The first-order chi connectivity index (χ1) is 10.3. The molecule has 0 unspecified atom stereocenters. The Morgan fingerprint density at radius 2 is 1.86 bits per heavy atom. The van der Waals surface area contributed by atoms with Crippen LogP contribution >= 0.6 is 11.6 Å². The molecule has 8 heteroatoms. The Balaban J connectivity index is 2.36. The first-order valence-electron chi connectivity index (χ1n) is 6.14. The number of carbonyl (C=O) groups excluding carboxylic acids is 1. The smallest absolute Gasteiger partial charge is 0.255 e. The third-order valence-corrected chi connectivity index (χ3v) is 4.77. The molecule has 0 aliphatic carbocycles. The lowest BCUT2D eigenvalue weighted by Gasteiger charge is -2.09. The zero-order valence-corrected chi connectivity index (χ0v) is 13.0. The van der Waals surface area contributed by atoms with E-state index in [0.29, 0.717) is 0 Å². The number of rotatable bonds is 4. The quantitative estimate of drug-likeness (QED) is 0.897. The number of sulfonamides is 1. The minimum Gasteiger partial charge on any atom is -0.319 e. The largest absolute Gasteiger partial charge is 0.319 e. The average Bonchev–Trinajstić information content (AvgIpc) is 2.49. The molecule has 0 aliphatic heterocycles. The molecule has 0 spiro atoms. The van der Waals surface area contributed by atoms with E-state index in [4.69, 9.17) is 11.6 Å². The summed E-state index contributed by atoms with van der Waals surface area (Å²) in [5, 5.41) is 2.35. The first kappa shape index (κ1) is 16.4. The summed E-state index contributed by atoms with van der Waals surface area (Å²) in [6, 6.07) is 9.44. The number of halogens is 2. The van der Waals surface area contributed by atoms with E-state index in [-0.39, 0.29) is 21.2 Å². The van der Waals surface area contributed by atoms with Crippen LogP contribution in [0.15, 0.2) is 47.4 Å². The Labute approximate surface area is 132 Å². The fraction of sp³-hybridized carbons (Fsp3) is 0.0714. The maximum Gasteiger partial charge on any atom is 0.255 e. The molecule has 0 saturated carbocycles. The number of carbonyl (C=O) groups is 1. The number of hydrogen-bond donors (Lipinski definition) is 2. The Morgan fingerprint density at radius 1 is 1.18 bits per heavy atom. The van der Waals surface area contributed by atoms with Crippen LogP contribution in [-0.2, 0) is 10.0 Å². The lowest BCUT2D eigenvalue weighted by atomic mass is 10.2. The fourth-order valence-corrected chi connectivity index (χ4v) is 2.97. The molecule has 0 bridgehead atoms. The number of para-hydroxylation sites is 1. The predicted octanol–water partition coefficient (Wildman–Crippen LogP) is 2.64. The predicted molar refractivity (Wildman–Crippen MR) is 82.1 cm³/mol. The van der Waals surface area contributed by atoms with Gasteiger partial charge in [0.25, 0.3) is 5.91 Å². The molecule has 0 aromatic heterocycles. The molecule has 0 heterocycles. The van der Waals surface area contributed by atoms with Gasteiger partial charge in [0.05, 0.1) is 10.7 Å². The van der Waals surface area contributed by atoms with Gasteiger partial charge in [0.15, 0.2) is 0 Å². The van der Waals surface area contributed by atoms with Crippen molar-refractivity contribution in [2.45, 2.75) is 4.90 Å². The standard InChI is InChI=1S/C14H12ClFN2O3S/c1-17-22(20,21)13-8-9(6-7-10(13)15)14(19)18-12-5-3-2-4-11(12)16/h2-8,17H,1H3,(H,18,19). The van der Waals surface area contributed by atoms with Crippen LogP contribution in [0.3, 0.4) is 0 Å². The summed E-state index contributed by atoms with van der Waals surface area (Å²) in [6.45, 7) is 0. The lowest BCUT2D eigenvalue weighted by Crippen LogP contribution is -2.20. The highest BCUT2D eigenvalue weighted by molar-refractivity contribution is 7.89. The summed E-state index contributed by atoms with van der Waals surface area (Å²) in [5.41, 5.74) is 0.0435. The summed E-state index contributed by atoms with van der Waals surface area (Å²) in [6.07, 6.45) is 0. The van der Waals surface area contributed by atoms with Crippen LogP contribution in [0.25, 0.3) is 0 Å². The van der Waals surface area contributed by atoms with Crippen LogP contribution in [0, 0.1) is 5.82 Å². The van der Waals surface area contributed by atoms with Crippen molar-refractivity contribution in [2.75, 3.05) is 12.4 Å². The fourth-order valence-electron chi connectivity index (χ4n) is 1.72. The third-order valence-electron chi connectivity index (χ3n) is 2.87. The molecule has 5 nitrogen and oxygen atoms in total. The number of nitrogens with one attached hydrogen (secondary N) is 2. The molecule has 2 aromatic rings. The highest BCUT2D eigenvalue weighted by Crippen LogP contribution is 2.23. The van der Waals surface area contributed by atoms with Crippen molar-refractivity contribution in [3.05, 3.63) is 58.9 Å². The molecule has 116 valence electrons. The van der Waals surface area contributed by atoms with Crippen molar-refractivity contribution in [1.29, 1.82) is 0 Å². The summed E-state index contributed by atoms with van der Waals surface area (Å²) in [4.78, 5) is 11.9. The third kappa shape index (κ3) is 3.44. The minimum absolute atomic E-state index is 0.000439. The molecule has 22 heavy (non-hydrogen) atoms. The zero-order valence-electron chi connectivity index (χ0n) is 11.4. The first-order valence-corrected chi connectivity index (χ1v) is 8.00. The van der Waals surface area contributed by atoms with Gasteiger partial charge in [-0.05, 0) is 37.4 Å². The maximum atomic E-state index is 13.5. The van der Waals surface area contributed by atoms with Crippen LogP contribution < -0.4 is 10.0 Å². The van der Waals surface area contributed by atoms with E-state index in [1.54, 1.807) is 6.07 Å². The van der Waals surface area contributed by atoms with Crippen molar-refractivity contribution in [1.82, 2.24) is 4.72 Å². The van der Waals surface area contributed by atoms with Crippen molar-refractivity contribution in [2.24, 2.45) is 0 Å². The molecule has 0 aliphatic rings. The average molecular weight is 343 g/mol. The molecule has 0 radical (unpaired) electrons. The monoisotopic (exact) mass is 342 g/mol. The van der Waals surface area contributed by atoms with Crippen LogP contribution in [0.1, 0.15) is 10.4 Å². The Morgan fingerprint density at radius 3 is 2.50 bits per heavy atom. The van der Waals surface area contributed by atoms with E-state index in [1.807, 2.05) is 0 Å². The van der Waals surface area contributed by atoms with Gasteiger partial charge in [-0.1, -0.05) is 23.7 Å². The van der Waals surface area contributed by atoms with Gasteiger partial charge in [-0.2, -0.15) is 0 Å². The second kappa shape index (κ2) is 6.43. The van der Waals surface area contributed by atoms with Crippen LogP contribution in [0.5, 0.6) is 0 Å². The van der Waals surface area contributed by atoms with E-state index in [9.17, 15) is 17.6 Å². The molecular weight excluding hydrogens is 331 g/mol. The molecule has 2 rings (SSSR count). The Hall–Kier alpha value is -1.96. The number of hydrogen-bond acceptors (Lipinski definition) is 3. The topological polar surface area (TPSA) is 75.3 Å². The second-order valence-electron chi connectivity index (χ2n) is 4.29. The minimum atomic E-state index is -3.80. The summed E-state index contributed by atoms with van der Waals surface area (Å²) >= 11 is 5.84. The highest BCUT2D eigenvalue weighted by Gasteiger charge is 2.19. The van der Waals surface area contributed by atoms with Gasteiger partial charge >= 0.3 is 0 Å².